The Kier molecular flexibility index (Phi) is 6.98. The minimum absolute atomic E-state index is 0.136. The molecular formula is C23H24ClFN6O2. The molecule has 0 aliphatic heterocycles. The average molecular weight is 471 g/mol. The predicted octanol–water partition coefficient (Wildman–Crippen LogP) is 3.61. The molecule has 1 saturated carbocycles. The van der Waals surface area contributed by atoms with E-state index in [4.69, 9.17) is 11.6 Å². The molecule has 0 bridgehead atoms. The summed E-state index contributed by atoms with van der Waals surface area (Å²) in [6.45, 7) is 1.47. The quantitative estimate of drug-likeness (QED) is 0.569. The third-order valence-corrected chi connectivity index (χ3v) is 5.93. The molecule has 0 saturated heterocycles. The predicted molar refractivity (Wildman–Crippen MR) is 122 cm³/mol. The zero-order chi connectivity index (χ0) is 23.4. The maximum absolute atomic E-state index is 13.3. The van der Waals surface area contributed by atoms with E-state index in [2.05, 4.69) is 20.7 Å². The second kappa shape index (κ2) is 10.1. The van der Waals surface area contributed by atoms with Crippen molar-refractivity contribution in [3.8, 4) is 11.4 Å². The lowest BCUT2D eigenvalue weighted by atomic mass is 10.1. The first-order chi connectivity index (χ1) is 15.9. The molecule has 4 rings (SSSR count). The number of nitrogens with zero attached hydrogens (tertiary/aromatic N) is 5. The molecule has 1 heterocycles. The summed E-state index contributed by atoms with van der Waals surface area (Å²) >= 11 is 6.01. The summed E-state index contributed by atoms with van der Waals surface area (Å²) in [5.41, 5.74) is 1.12. The van der Waals surface area contributed by atoms with Crippen molar-refractivity contribution >= 4 is 29.1 Å². The van der Waals surface area contributed by atoms with E-state index in [1.165, 1.54) is 29.2 Å². The summed E-state index contributed by atoms with van der Waals surface area (Å²) < 4.78 is 13.2. The third kappa shape index (κ3) is 5.54. The second-order valence-corrected chi connectivity index (χ2v) is 8.49. The molecule has 0 spiro atoms. The van der Waals surface area contributed by atoms with E-state index in [1.807, 2.05) is 0 Å². The lowest BCUT2D eigenvalue weighted by molar-refractivity contribution is -0.127. The van der Waals surface area contributed by atoms with Crippen molar-refractivity contribution in [2.45, 2.75) is 51.2 Å². The van der Waals surface area contributed by atoms with Crippen LogP contribution in [0.15, 0.2) is 48.5 Å². The third-order valence-electron chi connectivity index (χ3n) is 5.67. The fourth-order valence-electron chi connectivity index (χ4n) is 3.92. The van der Waals surface area contributed by atoms with Gasteiger partial charge < -0.3 is 5.32 Å². The van der Waals surface area contributed by atoms with E-state index < -0.39 is 6.04 Å². The molecule has 2 amide bonds. The van der Waals surface area contributed by atoms with Crippen molar-refractivity contribution in [3.05, 3.63) is 59.4 Å². The molecule has 3 aromatic rings. The molecule has 10 heteroatoms. The standard InChI is InChI=1S/C23H24ClFN6O2/c1-15(23(33)26-19-4-2-3-5-19)31(20-12-8-17(24)9-13-20)21(32)14-30-28-22(27-29-30)16-6-10-18(25)11-7-16/h6-13,15,19H,2-5,14H2,1H3,(H,26,33)/t15-/m0/s1. The molecule has 1 fully saturated rings. The van der Waals surface area contributed by atoms with Crippen molar-refractivity contribution in [1.29, 1.82) is 0 Å². The number of anilines is 1. The Labute approximate surface area is 195 Å². The number of halogens is 2. The molecule has 8 nitrogen and oxygen atoms in total. The maximum Gasteiger partial charge on any atom is 0.251 e. The summed E-state index contributed by atoms with van der Waals surface area (Å²) in [5.74, 6) is -0.698. The average Bonchev–Trinajstić information content (AvgIpc) is 3.48. The second-order valence-electron chi connectivity index (χ2n) is 8.06. The minimum Gasteiger partial charge on any atom is -0.352 e. The molecule has 0 radical (unpaired) electrons. The van der Waals surface area contributed by atoms with Gasteiger partial charge in [0.15, 0.2) is 0 Å². The van der Waals surface area contributed by atoms with Crippen LogP contribution in [0.3, 0.4) is 0 Å². The van der Waals surface area contributed by atoms with E-state index in [0.717, 1.165) is 30.5 Å². The number of carbonyl (C=O) groups excluding carboxylic acids is 2. The lowest BCUT2D eigenvalue weighted by Gasteiger charge is -2.29. The molecule has 1 N–H and O–H groups in total. The number of nitrogens with one attached hydrogen (secondary N) is 1. The molecule has 1 aliphatic carbocycles. The monoisotopic (exact) mass is 470 g/mol. The molecular weight excluding hydrogens is 447 g/mol. The highest BCUT2D eigenvalue weighted by atomic mass is 35.5. The van der Waals surface area contributed by atoms with Gasteiger partial charge >= 0.3 is 0 Å². The van der Waals surface area contributed by atoms with Crippen LogP contribution in [0.1, 0.15) is 32.6 Å². The number of rotatable bonds is 7. The number of amides is 2. The smallest absolute Gasteiger partial charge is 0.251 e. The first kappa shape index (κ1) is 22.8. The van der Waals surface area contributed by atoms with Gasteiger partial charge in [0.25, 0.3) is 5.91 Å². The van der Waals surface area contributed by atoms with Crippen molar-refractivity contribution in [2.75, 3.05) is 4.90 Å². The topological polar surface area (TPSA) is 93.0 Å². The van der Waals surface area contributed by atoms with E-state index in [0.29, 0.717) is 16.3 Å². The Bertz CT molecular complexity index is 1110. The normalized spacial score (nSPS) is 14.8. The van der Waals surface area contributed by atoms with Crippen LogP contribution in [0, 0.1) is 5.82 Å². The summed E-state index contributed by atoms with van der Waals surface area (Å²) in [7, 11) is 0. The lowest BCUT2D eigenvalue weighted by Crippen LogP contribution is -2.51. The zero-order valence-corrected chi connectivity index (χ0v) is 18.9. The number of hydrogen-bond donors (Lipinski definition) is 1. The van der Waals surface area contributed by atoms with Crippen LogP contribution in [-0.2, 0) is 16.1 Å². The van der Waals surface area contributed by atoms with E-state index in [9.17, 15) is 14.0 Å². The minimum atomic E-state index is -0.751. The molecule has 1 atom stereocenters. The van der Waals surface area contributed by atoms with Gasteiger partial charge in [0.05, 0.1) is 0 Å². The highest BCUT2D eigenvalue weighted by molar-refractivity contribution is 6.30. The van der Waals surface area contributed by atoms with Crippen LogP contribution in [0.4, 0.5) is 10.1 Å². The molecule has 33 heavy (non-hydrogen) atoms. The number of benzene rings is 2. The Morgan fingerprint density at radius 3 is 2.48 bits per heavy atom. The van der Waals surface area contributed by atoms with Gasteiger partial charge in [0.1, 0.15) is 18.4 Å². The fourth-order valence-corrected chi connectivity index (χ4v) is 4.04. The van der Waals surface area contributed by atoms with Gasteiger partial charge in [-0.2, -0.15) is 4.80 Å². The summed E-state index contributed by atoms with van der Waals surface area (Å²) in [5, 5.41) is 15.7. The van der Waals surface area contributed by atoms with Crippen LogP contribution in [0.2, 0.25) is 5.02 Å². The Morgan fingerprint density at radius 2 is 1.82 bits per heavy atom. The van der Waals surface area contributed by atoms with E-state index >= 15 is 0 Å². The Hall–Kier alpha value is -3.33. The SMILES string of the molecule is C[C@@H](C(=O)NC1CCCC1)N(C(=O)Cn1nnc(-c2ccc(F)cc2)n1)c1ccc(Cl)cc1. The first-order valence-electron chi connectivity index (χ1n) is 10.8. The molecule has 1 aliphatic rings. The highest BCUT2D eigenvalue weighted by Gasteiger charge is 2.30. The molecule has 2 aromatic carbocycles. The van der Waals surface area contributed by atoms with Gasteiger partial charge in [0.2, 0.25) is 11.7 Å². The van der Waals surface area contributed by atoms with Gasteiger partial charge in [-0.15, -0.1) is 10.2 Å². The first-order valence-corrected chi connectivity index (χ1v) is 11.2. The highest BCUT2D eigenvalue weighted by Crippen LogP contribution is 2.23. The van der Waals surface area contributed by atoms with Gasteiger partial charge in [-0.3, -0.25) is 14.5 Å². The van der Waals surface area contributed by atoms with Gasteiger partial charge in [-0.05, 0) is 73.5 Å². The molecule has 172 valence electrons. The van der Waals surface area contributed by atoms with E-state index in [-0.39, 0.29) is 36.0 Å². The summed E-state index contributed by atoms with van der Waals surface area (Å²) in [6.07, 6.45) is 4.08. The van der Waals surface area contributed by atoms with Crippen molar-refractivity contribution in [2.24, 2.45) is 0 Å². The van der Waals surface area contributed by atoms with Crippen LogP contribution in [0.5, 0.6) is 0 Å². The number of carbonyl (C=O) groups is 2. The van der Waals surface area contributed by atoms with Crippen LogP contribution >= 0.6 is 11.6 Å². The van der Waals surface area contributed by atoms with Gasteiger partial charge in [0, 0.05) is 22.3 Å². The number of aromatic nitrogens is 4. The van der Waals surface area contributed by atoms with E-state index in [1.54, 1.807) is 31.2 Å². The van der Waals surface area contributed by atoms with Gasteiger partial charge in [-0.25, -0.2) is 4.39 Å². The van der Waals surface area contributed by atoms with Crippen molar-refractivity contribution < 1.29 is 14.0 Å². The molecule has 0 unspecified atom stereocenters. The Balaban J connectivity index is 1.53. The maximum atomic E-state index is 13.3. The number of hydrogen-bond acceptors (Lipinski definition) is 5. The van der Waals surface area contributed by atoms with Crippen molar-refractivity contribution in [3.63, 3.8) is 0 Å². The van der Waals surface area contributed by atoms with Gasteiger partial charge in [-0.1, -0.05) is 24.4 Å². The van der Waals surface area contributed by atoms with Crippen LogP contribution in [0.25, 0.3) is 11.4 Å². The summed E-state index contributed by atoms with van der Waals surface area (Å²) in [6, 6.07) is 11.8. The molecule has 1 aromatic heterocycles. The zero-order valence-electron chi connectivity index (χ0n) is 18.1. The number of tetrazole rings is 1. The largest absolute Gasteiger partial charge is 0.352 e. The summed E-state index contributed by atoms with van der Waals surface area (Å²) in [4.78, 5) is 28.8. The fraction of sp³-hybridized carbons (Fsp3) is 0.348. The van der Waals surface area contributed by atoms with Crippen LogP contribution < -0.4 is 10.2 Å². The Morgan fingerprint density at radius 1 is 1.15 bits per heavy atom. The van der Waals surface area contributed by atoms with Crippen LogP contribution in [-0.4, -0.2) is 44.1 Å². The van der Waals surface area contributed by atoms with Crippen molar-refractivity contribution in [1.82, 2.24) is 25.5 Å².